The van der Waals surface area contributed by atoms with Gasteiger partial charge < -0.3 is 14.2 Å². The van der Waals surface area contributed by atoms with E-state index in [1.165, 1.54) is 161 Å². The summed E-state index contributed by atoms with van der Waals surface area (Å²) in [4.78, 5) is 25.3. The highest BCUT2D eigenvalue weighted by atomic mass is 16.6. The fourth-order valence-corrected chi connectivity index (χ4v) is 7.49. The molecule has 0 saturated heterocycles. The zero-order chi connectivity index (χ0) is 44.9. The van der Waals surface area contributed by atoms with E-state index < -0.39 is 6.10 Å². The number of carbonyl (C=O) groups is 2. The molecule has 0 saturated carbocycles. The zero-order valence-corrected chi connectivity index (χ0v) is 41.4. The summed E-state index contributed by atoms with van der Waals surface area (Å²) in [5.41, 5.74) is 0. The standard InChI is InChI=1S/C57H102O5/c1-4-7-10-13-16-18-20-22-24-26-28-30-32-34-36-38-40-43-46-49-52-60-53-55(62-57(59)51-48-45-41-15-12-9-6-3)54-61-56(58)50-47-44-42-39-37-35-33-31-29-27-25-23-21-19-17-14-11-8-5-2/h16-19,22-25,29,31,55H,4-15,20-21,26-28,30,32-54H2,1-3H3/b18-16-,19-17-,24-22-,25-23-,31-29-. The van der Waals surface area contributed by atoms with Crippen molar-refractivity contribution in [2.45, 2.75) is 271 Å². The summed E-state index contributed by atoms with van der Waals surface area (Å²) in [5, 5.41) is 0. The van der Waals surface area contributed by atoms with Gasteiger partial charge in [-0.3, -0.25) is 9.59 Å². The molecule has 62 heavy (non-hydrogen) atoms. The van der Waals surface area contributed by atoms with Crippen molar-refractivity contribution in [1.82, 2.24) is 0 Å². The first-order chi connectivity index (χ1) is 30.6. The van der Waals surface area contributed by atoms with Crippen LogP contribution in [0.5, 0.6) is 0 Å². The lowest BCUT2D eigenvalue weighted by molar-refractivity contribution is -0.163. The van der Waals surface area contributed by atoms with Crippen LogP contribution >= 0.6 is 0 Å². The fraction of sp³-hybridized carbons (Fsp3) is 0.789. The molecule has 360 valence electrons. The highest BCUT2D eigenvalue weighted by Gasteiger charge is 2.17. The maximum Gasteiger partial charge on any atom is 0.306 e. The Morgan fingerprint density at radius 3 is 1.11 bits per heavy atom. The van der Waals surface area contributed by atoms with Gasteiger partial charge >= 0.3 is 11.9 Å². The first-order valence-corrected chi connectivity index (χ1v) is 26.8. The predicted octanol–water partition coefficient (Wildman–Crippen LogP) is 18.1. The highest BCUT2D eigenvalue weighted by Crippen LogP contribution is 2.14. The third kappa shape index (κ3) is 50.2. The molecule has 0 aliphatic carbocycles. The van der Waals surface area contributed by atoms with E-state index in [1.54, 1.807) is 0 Å². The third-order valence-corrected chi connectivity index (χ3v) is 11.5. The average molecular weight is 867 g/mol. The van der Waals surface area contributed by atoms with Crippen molar-refractivity contribution < 1.29 is 23.8 Å². The minimum absolute atomic E-state index is 0.0780. The molecule has 5 heteroatoms. The van der Waals surface area contributed by atoms with Crippen molar-refractivity contribution in [3.63, 3.8) is 0 Å². The summed E-state index contributed by atoms with van der Waals surface area (Å²) in [7, 11) is 0. The summed E-state index contributed by atoms with van der Waals surface area (Å²) in [6.07, 6.45) is 66.7. The summed E-state index contributed by atoms with van der Waals surface area (Å²) in [6.45, 7) is 7.74. The molecule has 0 aliphatic rings. The molecule has 0 N–H and O–H groups in total. The van der Waals surface area contributed by atoms with Gasteiger partial charge in [-0.05, 0) is 89.9 Å². The second kappa shape index (κ2) is 52.9. The Labute approximate surface area is 385 Å². The normalized spacial score (nSPS) is 12.6. The predicted molar refractivity (Wildman–Crippen MR) is 270 cm³/mol. The second-order valence-electron chi connectivity index (χ2n) is 17.8. The van der Waals surface area contributed by atoms with Gasteiger partial charge in [0.25, 0.3) is 0 Å². The summed E-state index contributed by atoms with van der Waals surface area (Å²) < 4.78 is 17.4. The van der Waals surface area contributed by atoms with Crippen LogP contribution < -0.4 is 0 Å². The largest absolute Gasteiger partial charge is 0.462 e. The lowest BCUT2D eigenvalue weighted by Gasteiger charge is -2.18. The van der Waals surface area contributed by atoms with E-state index in [-0.39, 0.29) is 25.2 Å². The molecule has 0 heterocycles. The van der Waals surface area contributed by atoms with Crippen LogP contribution in [-0.2, 0) is 23.8 Å². The van der Waals surface area contributed by atoms with Crippen LogP contribution in [0, 0.1) is 0 Å². The summed E-state index contributed by atoms with van der Waals surface area (Å²) in [6, 6.07) is 0. The summed E-state index contributed by atoms with van der Waals surface area (Å²) in [5.74, 6) is -0.412. The monoisotopic (exact) mass is 867 g/mol. The van der Waals surface area contributed by atoms with Gasteiger partial charge in [-0.1, -0.05) is 223 Å². The molecule has 0 fully saturated rings. The molecule has 0 aromatic heterocycles. The van der Waals surface area contributed by atoms with E-state index in [9.17, 15) is 9.59 Å². The van der Waals surface area contributed by atoms with Crippen molar-refractivity contribution in [2.24, 2.45) is 0 Å². The molecule has 5 nitrogen and oxygen atoms in total. The first-order valence-electron chi connectivity index (χ1n) is 26.8. The van der Waals surface area contributed by atoms with Gasteiger partial charge in [0, 0.05) is 19.4 Å². The van der Waals surface area contributed by atoms with Gasteiger partial charge in [0.1, 0.15) is 6.61 Å². The fourth-order valence-electron chi connectivity index (χ4n) is 7.49. The van der Waals surface area contributed by atoms with E-state index in [4.69, 9.17) is 14.2 Å². The van der Waals surface area contributed by atoms with E-state index in [1.807, 2.05) is 0 Å². The quantitative estimate of drug-likeness (QED) is 0.0346. The van der Waals surface area contributed by atoms with E-state index in [0.29, 0.717) is 19.4 Å². The molecule has 0 aromatic carbocycles. The van der Waals surface area contributed by atoms with Crippen LogP contribution in [0.2, 0.25) is 0 Å². The number of ether oxygens (including phenoxy) is 3. The molecule has 0 radical (unpaired) electrons. The number of rotatable bonds is 49. The summed E-state index contributed by atoms with van der Waals surface area (Å²) >= 11 is 0. The molecule has 0 bridgehead atoms. The van der Waals surface area contributed by atoms with Gasteiger partial charge in [-0.15, -0.1) is 0 Å². The Hall–Kier alpha value is -2.40. The van der Waals surface area contributed by atoms with Gasteiger partial charge in [-0.25, -0.2) is 0 Å². The van der Waals surface area contributed by atoms with Gasteiger partial charge in [0.05, 0.1) is 6.61 Å². The lowest BCUT2D eigenvalue weighted by Crippen LogP contribution is -2.30. The second-order valence-corrected chi connectivity index (χ2v) is 17.8. The highest BCUT2D eigenvalue weighted by molar-refractivity contribution is 5.70. The number of unbranched alkanes of at least 4 members (excludes halogenated alkanes) is 28. The minimum Gasteiger partial charge on any atom is -0.462 e. The van der Waals surface area contributed by atoms with Crippen LogP contribution in [0.15, 0.2) is 60.8 Å². The van der Waals surface area contributed by atoms with Crippen LogP contribution in [0.3, 0.4) is 0 Å². The number of hydrogen-bond acceptors (Lipinski definition) is 5. The van der Waals surface area contributed by atoms with E-state index in [0.717, 1.165) is 70.6 Å². The Morgan fingerprint density at radius 1 is 0.355 bits per heavy atom. The van der Waals surface area contributed by atoms with E-state index in [2.05, 4.69) is 81.5 Å². The van der Waals surface area contributed by atoms with Gasteiger partial charge in [-0.2, -0.15) is 0 Å². The molecule has 0 rings (SSSR count). The Kier molecular flexibility index (Phi) is 50.9. The molecule has 0 spiro atoms. The number of hydrogen-bond donors (Lipinski definition) is 0. The number of carbonyl (C=O) groups excluding carboxylic acids is 2. The number of esters is 2. The topological polar surface area (TPSA) is 61.8 Å². The van der Waals surface area contributed by atoms with Gasteiger partial charge in [0.15, 0.2) is 6.10 Å². The van der Waals surface area contributed by atoms with Crippen LogP contribution in [0.1, 0.15) is 265 Å². The van der Waals surface area contributed by atoms with Crippen LogP contribution in [-0.4, -0.2) is 37.9 Å². The lowest BCUT2D eigenvalue weighted by atomic mass is 10.1. The molecule has 1 atom stereocenters. The average Bonchev–Trinajstić information content (AvgIpc) is 3.27. The van der Waals surface area contributed by atoms with Crippen molar-refractivity contribution in [3.05, 3.63) is 60.8 Å². The van der Waals surface area contributed by atoms with E-state index >= 15 is 0 Å². The van der Waals surface area contributed by atoms with Crippen LogP contribution in [0.25, 0.3) is 0 Å². The molecule has 0 amide bonds. The molecule has 0 aliphatic heterocycles. The minimum atomic E-state index is -0.540. The van der Waals surface area contributed by atoms with Gasteiger partial charge in [0.2, 0.25) is 0 Å². The third-order valence-electron chi connectivity index (χ3n) is 11.5. The van der Waals surface area contributed by atoms with Crippen LogP contribution in [0.4, 0.5) is 0 Å². The zero-order valence-electron chi connectivity index (χ0n) is 41.4. The molecular formula is C57H102O5. The number of allylic oxidation sites excluding steroid dienone is 10. The first kappa shape index (κ1) is 59.6. The molecular weight excluding hydrogens is 765 g/mol. The maximum atomic E-state index is 12.7. The van der Waals surface area contributed by atoms with Crippen molar-refractivity contribution in [3.8, 4) is 0 Å². The molecule has 0 aromatic rings. The Morgan fingerprint density at radius 2 is 0.677 bits per heavy atom. The Balaban J connectivity index is 4.11. The Bertz CT molecular complexity index is 1070. The molecule has 1 unspecified atom stereocenters. The van der Waals surface area contributed by atoms with Crippen molar-refractivity contribution in [2.75, 3.05) is 19.8 Å². The van der Waals surface area contributed by atoms with Crippen molar-refractivity contribution >= 4 is 11.9 Å². The maximum absolute atomic E-state index is 12.7. The smallest absolute Gasteiger partial charge is 0.306 e. The SMILES string of the molecule is CCCCC/C=C\C/C=C\C/C=C\CCCCCCCCC(=O)OCC(COCCCCCCCCCCCC/C=C\C/C=C\CCCCC)OC(=O)CCCCCCCCC. The van der Waals surface area contributed by atoms with Crippen molar-refractivity contribution in [1.29, 1.82) is 0 Å².